The average molecular weight is 649 g/mol. The minimum Gasteiger partial charge on any atom is -0.366 e. The number of fused-ring (bicyclic) bond motifs is 1. The summed E-state index contributed by atoms with van der Waals surface area (Å²) < 4.78 is 15.1. The summed E-state index contributed by atoms with van der Waals surface area (Å²) >= 11 is 7.37. The predicted octanol–water partition coefficient (Wildman–Crippen LogP) is 4.71. The van der Waals surface area contributed by atoms with E-state index in [1.54, 1.807) is 31.2 Å². The molecule has 4 heterocycles. The summed E-state index contributed by atoms with van der Waals surface area (Å²) in [5, 5.41) is 12.2. The lowest BCUT2D eigenvalue weighted by Crippen LogP contribution is -2.52. The second-order valence-corrected chi connectivity index (χ2v) is 12.0. The number of hydrogen-bond donors (Lipinski definition) is 4. The second-order valence-electron chi connectivity index (χ2n) is 10.6. The number of anilines is 4. The maximum Gasteiger partial charge on any atom is 0.267 e. The molecule has 1 saturated heterocycles. The number of aryl methyl sites for hydroxylation is 2. The van der Waals surface area contributed by atoms with Crippen LogP contribution in [0.3, 0.4) is 0 Å². The van der Waals surface area contributed by atoms with Crippen molar-refractivity contribution in [3.05, 3.63) is 86.4 Å². The van der Waals surface area contributed by atoms with Gasteiger partial charge in [0, 0.05) is 25.6 Å². The largest absolute Gasteiger partial charge is 0.366 e. The smallest absolute Gasteiger partial charge is 0.267 e. The molecule has 2 aliphatic heterocycles. The first-order chi connectivity index (χ1) is 21.5. The summed E-state index contributed by atoms with van der Waals surface area (Å²) in [7, 11) is 0. The van der Waals surface area contributed by atoms with Crippen molar-refractivity contribution in [1.82, 2.24) is 25.2 Å². The fourth-order valence-electron chi connectivity index (χ4n) is 5.25. The Morgan fingerprint density at radius 3 is 2.73 bits per heavy atom. The molecule has 4 amide bonds. The van der Waals surface area contributed by atoms with E-state index in [4.69, 9.17) is 11.6 Å². The van der Waals surface area contributed by atoms with Crippen molar-refractivity contribution in [1.29, 1.82) is 0 Å². The molecule has 0 aliphatic carbocycles. The quantitative estimate of drug-likeness (QED) is 0.199. The van der Waals surface area contributed by atoms with Crippen LogP contribution in [0.1, 0.15) is 55.4 Å². The van der Waals surface area contributed by atoms with Crippen molar-refractivity contribution < 1.29 is 23.6 Å². The maximum absolute atomic E-state index is 15.1. The van der Waals surface area contributed by atoms with E-state index < -0.39 is 23.7 Å². The third kappa shape index (κ3) is 6.33. The molecule has 2 aromatic carbocycles. The van der Waals surface area contributed by atoms with Crippen LogP contribution in [-0.2, 0) is 22.7 Å². The van der Waals surface area contributed by atoms with E-state index in [9.17, 15) is 19.2 Å². The third-order valence-corrected chi connectivity index (χ3v) is 8.60. The molecule has 2 aliphatic rings. The number of hydrogen-bond acceptors (Lipinski definition) is 10. The van der Waals surface area contributed by atoms with Crippen LogP contribution in [0.5, 0.6) is 0 Å². The molecule has 4 aromatic rings. The van der Waals surface area contributed by atoms with Crippen molar-refractivity contribution in [2.45, 2.75) is 45.8 Å². The first-order valence-electron chi connectivity index (χ1n) is 13.9. The van der Waals surface area contributed by atoms with Crippen LogP contribution in [-0.4, -0.2) is 49.5 Å². The van der Waals surface area contributed by atoms with Gasteiger partial charge in [-0.05, 0) is 49.1 Å². The van der Waals surface area contributed by atoms with Crippen molar-refractivity contribution in [2.75, 3.05) is 16.0 Å². The zero-order valence-corrected chi connectivity index (χ0v) is 25.6. The van der Waals surface area contributed by atoms with E-state index in [0.29, 0.717) is 49.3 Å². The van der Waals surface area contributed by atoms with Gasteiger partial charge in [-0.3, -0.25) is 24.5 Å². The molecule has 0 bridgehead atoms. The lowest BCUT2D eigenvalue weighted by molar-refractivity contribution is -0.136. The molecule has 1 fully saturated rings. The van der Waals surface area contributed by atoms with Gasteiger partial charge in [-0.25, -0.2) is 19.3 Å². The molecule has 15 heteroatoms. The highest BCUT2D eigenvalue weighted by Gasteiger charge is 2.40. The zero-order valence-electron chi connectivity index (χ0n) is 24.0. The fourth-order valence-corrected chi connectivity index (χ4v) is 6.24. The molecule has 230 valence electrons. The second kappa shape index (κ2) is 12.2. The molecule has 1 unspecified atom stereocenters. The maximum atomic E-state index is 15.1. The topological polar surface area (TPSA) is 158 Å². The first-order valence-corrected chi connectivity index (χ1v) is 15.1. The Hall–Kier alpha value is -4.95. The zero-order chi connectivity index (χ0) is 31.8. The summed E-state index contributed by atoms with van der Waals surface area (Å²) in [4.78, 5) is 64.4. The molecule has 12 nitrogen and oxygen atoms in total. The number of rotatable bonds is 8. The van der Waals surface area contributed by atoms with Crippen LogP contribution in [0.4, 0.5) is 26.8 Å². The number of halogens is 2. The number of thiazole rings is 1. The number of carbonyl (C=O) groups is 4. The Labute approximate surface area is 265 Å². The average Bonchev–Trinajstić information content (AvgIpc) is 3.58. The van der Waals surface area contributed by atoms with Crippen LogP contribution >= 0.6 is 22.9 Å². The van der Waals surface area contributed by atoms with E-state index in [-0.39, 0.29) is 43.3 Å². The number of benzene rings is 2. The molecule has 0 radical (unpaired) electrons. The van der Waals surface area contributed by atoms with Crippen LogP contribution in [0, 0.1) is 19.7 Å². The summed E-state index contributed by atoms with van der Waals surface area (Å²) in [6.45, 7) is 3.82. The number of para-hydroxylation sites is 1. The van der Waals surface area contributed by atoms with Gasteiger partial charge in [-0.15, -0.1) is 0 Å². The summed E-state index contributed by atoms with van der Waals surface area (Å²) in [5.41, 5.74) is 2.35. The Bertz CT molecular complexity index is 1860. The van der Waals surface area contributed by atoms with Gasteiger partial charge >= 0.3 is 0 Å². The van der Waals surface area contributed by atoms with E-state index >= 15 is 4.39 Å². The fraction of sp³-hybridized carbons (Fsp3) is 0.233. The minimum absolute atomic E-state index is 0.0636. The van der Waals surface area contributed by atoms with Gasteiger partial charge in [0.1, 0.15) is 34.2 Å². The number of nitrogens with zero attached hydrogens (tertiary/aromatic N) is 4. The predicted molar refractivity (Wildman–Crippen MR) is 166 cm³/mol. The Balaban J connectivity index is 1.11. The highest BCUT2D eigenvalue weighted by Crippen LogP contribution is 2.31. The van der Waals surface area contributed by atoms with Crippen molar-refractivity contribution in [3.8, 4) is 0 Å². The Morgan fingerprint density at radius 2 is 1.96 bits per heavy atom. The monoisotopic (exact) mass is 648 g/mol. The minimum atomic E-state index is -0.826. The van der Waals surface area contributed by atoms with Crippen molar-refractivity contribution in [3.63, 3.8) is 0 Å². The van der Waals surface area contributed by atoms with Gasteiger partial charge in [-0.1, -0.05) is 41.1 Å². The van der Waals surface area contributed by atoms with E-state index in [2.05, 4.69) is 36.2 Å². The van der Waals surface area contributed by atoms with E-state index in [1.807, 2.05) is 13.0 Å². The molecule has 45 heavy (non-hydrogen) atoms. The highest BCUT2D eigenvalue weighted by molar-refractivity contribution is 7.17. The van der Waals surface area contributed by atoms with Gasteiger partial charge in [0.25, 0.3) is 11.8 Å². The molecule has 4 N–H and O–H groups in total. The third-order valence-electron chi connectivity index (χ3n) is 7.37. The Kier molecular flexibility index (Phi) is 8.16. The van der Waals surface area contributed by atoms with Crippen LogP contribution in [0.15, 0.2) is 42.6 Å². The lowest BCUT2D eigenvalue weighted by atomic mass is 10.0. The number of aromatic nitrogens is 3. The van der Waals surface area contributed by atoms with Gasteiger partial charge in [-0.2, -0.15) is 0 Å². The van der Waals surface area contributed by atoms with Crippen molar-refractivity contribution in [2.24, 2.45) is 0 Å². The molecule has 0 saturated carbocycles. The van der Waals surface area contributed by atoms with Gasteiger partial charge < -0.3 is 20.9 Å². The van der Waals surface area contributed by atoms with E-state index in [0.717, 1.165) is 16.9 Å². The molecule has 2 aromatic heterocycles. The number of amides is 4. The lowest BCUT2D eigenvalue weighted by Gasteiger charge is -2.29. The normalized spacial score (nSPS) is 16.0. The molecule has 0 spiro atoms. The van der Waals surface area contributed by atoms with Gasteiger partial charge in [0.2, 0.25) is 11.8 Å². The standard InChI is InChI=1S/C30H26ClFN8O4S/c1-14-4-3-5-18(31)26(14)39-28(43)21-12-34-30(45-21)37-23-10-22(35-15(2)36-23)33-11-16-8-17-13-40(29(44)25(17)19(32)9-16)20-6-7-24(41)38-27(20)42/h3-5,8-10,12,20H,6-7,11,13H2,1-2H3,(H,39,43)(H,38,41,42)(H2,33,34,35,36,37). The van der Waals surface area contributed by atoms with Gasteiger partial charge in [0.15, 0.2) is 5.13 Å². The summed E-state index contributed by atoms with van der Waals surface area (Å²) in [6, 6.07) is 9.18. The van der Waals surface area contributed by atoms with Crippen LogP contribution in [0.2, 0.25) is 5.02 Å². The number of piperidine rings is 1. The van der Waals surface area contributed by atoms with Crippen LogP contribution in [0.25, 0.3) is 0 Å². The number of carbonyl (C=O) groups excluding carboxylic acids is 4. The number of nitrogens with one attached hydrogen (secondary N) is 4. The molecule has 1 atom stereocenters. The summed E-state index contributed by atoms with van der Waals surface area (Å²) in [6.07, 6.45) is 1.77. The highest BCUT2D eigenvalue weighted by atomic mass is 35.5. The first kappa shape index (κ1) is 30.1. The van der Waals surface area contributed by atoms with E-state index in [1.165, 1.54) is 17.2 Å². The molecule has 6 rings (SSSR count). The van der Waals surface area contributed by atoms with Crippen molar-refractivity contribution >= 4 is 69.0 Å². The number of imide groups is 1. The van der Waals surface area contributed by atoms with Crippen LogP contribution < -0.4 is 21.3 Å². The molecular weight excluding hydrogens is 623 g/mol. The summed E-state index contributed by atoms with van der Waals surface area (Å²) in [5.74, 6) is -1.20. The molecular formula is C30H26ClFN8O4S. The SMILES string of the molecule is Cc1nc(NCc2cc(F)c3c(c2)CN(C2CCC(=O)NC2=O)C3=O)cc(Nc2ncc(C(=O)Nc3c(C)cccc3Cl)s2)n1. The van der Waals surface area contributed by atoms with Gasteiger partial charge in [0.05, 0.1) is 22.5 Å². The Morgan fingerprint density at radius 1 is 1.16 bits per heavy atom.